The zero-order valence-electron chi connectivity index (χ0n) is 31.4. The van der Waals surface area contributed by atoms with Gasteiger partial charge in [0.15, 0.2) is 0 Å². The van der Waals surface area contributed by atoms with Crippen LogP contribution >= 0.6 is 0 Å². The molecule has 0 aliphatic carbocycles. The lowest BCUT2D eigenvalue weighted by Crippen LogP contribution is -2.15. The molecule has 9 nitrogen and oxygen atoms in total. The van der Waals surface area contributed by atoms with E-state index in [0.29, 0.717) is 98.9 Å². The molecule has 0 N–H and O–H groups in total. The molecule has 0 fully saturated rings. The van der Waals surface area contributed by atoms with Crippen LogP contribution in [0.4, 0.5) is 0 Å². The third kappa shape index (κ3) is 33.2. The number of hydrogen-bond donors (Lipinski definition) is 0. The molecule has 0 aliphatic heterocycles. The predicted octanol–water partition coefficient (Wildman–Crippen LogP) is 8.53. The quantitative estimate of drug-likeness (QED) is 0.0496. The molecular formula is C40H72O9. The van der Waals surface area contributed by atoms with Crippen molar-refractivity contribution in [1.29, 1.82) is 0 Å². The minimum absolute atomic E-state index is 0.130. The number of hydrogen-bond acceptors (Lipinski definition) is 9. The highest BCUT2D eigenvalue weighted by molar-refractivity contribution is 5.69. The second-order valence-electron chi connectivity index (χ2n) is 12.5. The van der Waals surface area contributed by atoms with Crippen molar-refractivity contribution in [2.45, 2.75) is 123 Å². The predicted molar refractivity (Wildman–Crippen MR) is 197 cm³/mol. The Balaban J connectivity index is 1.72. The summed E-state index contributed by atoms with van der Waals surface area (Å²) < 4.78 is 44.1. The Hall–Kier alpha value is -1.75. The van der Waals surface area contributed by atoms with Gasteiger partial charge >= 0.3 is 5.97 Å². The Kier molecular flexibility index (Phi) is 34.6. The Labute approximate surface area is 299 Å². The van der Waals surface area contributed by atoms with Gasteiger partial charge in [-0.3, -0.25) is 4.79 Å². The van der Waals surface area contributed by atoms with Crippen LogP contribution in [0.3, 0.4) is 0 Å². The van der Waals surface area contributed by atoms with E-state index in [1.165, 1.54) is 89.0 Å². The number of benzene rings is 1. The summed E-state index contributed by atoms with van der Waals surface area (Å²) in [6.07, 6.45) is 20.7. The van der Waals surface area contributed by atoms with Gasteiger partial charge in [0.2, 0.25) is 0 Å². The van der Waals surface area contributed by atoms with Gasteiger partial charge < -0.3 is 37.9 Å². The van der Waals surface area contributed by atoms with Gasteiger partial charge in [-0.05, 0) is 37.0 Å². The van der Waals surface area contributed by atoms with Gasteiger partial charge in [0.1, 0.15) is 19.0 Å². The van der Waals surface area contributed by atoms with Crippen molar-refractivity contribution < 1.29 is 42.7 Å². The molecule has 0 aliphatic rings. The largest absolute Gasteiger partial charge is 0.491 e. The molecule has 9 heteroatoms. The van der Waals surface area contributed by atoms with Gasteiger partial charge in [0.25, 0.3) is 0 Å². The second-order valence-corrected chi connectivity index (χ2v) is 12.5. The van der Waals surface area contributed by atoms with E-state index in [-0.39, 0.29) is 5.97 Å². The van der Waals surface area contributed by atoms with Crippen LogP contribution < -0.4 is 4.74 Å². The van der Waals surface area contributed by atoms with Crippen LogP contribution in [0, 0.1) is 0 Å². The Morgan fingerprint density at radius 3 is 1.24 bits per heavy atom. The number of aryl methyl sites for hydroxylation is 1. The second kappa shape index (κ2) is 37.5. The normalized spacial score (nSPS) is 11.3. The van der Waals surface area contributed by atoms with Crippen molar-refractivity contribution in [1.82, 2.24) is 0 Å². The van der Waals surface area contributed by atoms with E-state index < -0.39 is 0 Å². The fourth-order valence-corrected chi connectivity index (χ4v) is 5.15. The third-order valence-electron chi connectivity index (χ3n) is 8.07. The van der Waals surface area contributed by atoms with Gasteiger partial charge in [0.05, 0.1) is 79.3 Å². The Morgan fingerprint density at radius 1 is 0.429 bits per heavy atom. The molecule has 0 bridgehead atoms. The lowest BCUT2D eigenvalue weighted by Gasteiger charge is -2.09. The van der Waals surface area contributed by atoms with Crippen LogP contribution in [-0.2, 0) is 44.4 Å². The molecule has 49 heavy (non-hydrogen) atoms. The first kappa shape index (κ1) is 45.3. The standard InChI is InChI=1S/C40H72O9/c1-3-5-7-9-11-12-13-15-17-19-40(41)49-37-35-47-33-31-45-29-27-43-25-24-42-26-28-44-30-32-46-34-36-48-39-22-20-38(21-23-39)18-16-14-10-8-6-4-2/h20-23H,3-19,24-37H2,1-2H3. The van der Waals surface area contributed by atoms with Gasteiger partial charge in [-0.1, -0.05) is 109 Å². The first-order valence-electron chi connectivity index (χ1n) is 19.6. The van der Waals surface area contributed by atoms with Crippen molar-refractivity contribution in [3.05, 3.63) is 29.8 Å². The average Bonchev–Trinajstić information content (AvgIpc) is 3.11. The number of carbonyl (C=O) groups is 1. The van der Waals surface area contributed by atoms with Gasteiger partial charge in [-0.2, -0.15) is 0 Å². The summed E-state index contributed by atoms with van der Waals surface area (Å²) in [5.41, 5.74) is 1.38. The number of ether oxygens (including phenoxy) is 8. The van der Waals surface area contributed by atoms with Crippen molar-refractivity contribution in [2.24, 2.45) is 0 Å². The van der Waals surface area contributed by atoms with Crippen LogP contribution in [0.1, 0.15) is 122 Å². The maximum absolute atomic E-state index is 11.8. The number of rotatable bonds is 39. The molecule has 1 aromatic rings. The molecule has 0 spiro atoms. The first-order valence-corrected chi connectivity index (χ1v) is 19.6. The number of carbonyl (C=O) groups excluding carboxylic acids is 1. The molecule has 1 aromatic carbocycles. The third-order valence-corrected chi connectivity index (χ3v) is 8.07. The van der Waals surface area contributed by atoms with Crippen molar-refractivity contribution in [2.75, 3.05) is 92.5 Å². The van der Waals surface area contributed by atoms with E-state index in [1.54, 1.807) is 0 Å². The minimum atomic E-state index is -0.130. The highest BCUT2D eigenvalue weighted by Gasteiger charge is 2.03. The maximum Gasteiger partial charge on any atom is 0.305 e. The van der Waals surface area contributed by atoms with Crippen molar-refractivity contribution >= 4 is 5.97 Å². The zero-order valence-corrected chi connectivity index (χ0v) is 31.4. The zero-order chi connectivity index (χ0) is 35.1. The van der Waals surface area contributed by atoms with Gasteiger partial charge in [0, 0.05) is 6.42 Å². The van der Waals surface area contributed by atoms with Crippen LogP contribution in [0.25, 0.3) is 0 Å². The van der Waals surface area contributed by atoms with E-state index in [4.69, 9.17) is 37.9 Å². The highest BCUT2D eigenvalue weighted by Crippen LogP contribution is 2.15. The SMILES string of the molecule is CCCCCCCCCCCC(=O)OCCOCCOCCOCCOCCOCCOCCOc1ccc(CCCCCCCC)cc1. The van der Waals surface area contributed by atoms with E-state index in [1.807, 2.05) is 0 Å². The van der Waals surface area contributed by atoms with Crippen LogP contribution in [-0.4, -0.2) is 98.5 Å². The fraction of sp³-hybridized carbons (Fsp3) is 0.825. The molecular weight excluding hydrogens is 624 g/mol. The summed E-state index contributed by atoms with van der Waals surface area (Å²) in [6, 6.07) is 8.44. The summed E-state index contributed by atoms with van der Waals surface area (Å²) in [5.74, 6) is 0.756. The summed E-state index contributed by atoms with van der Waals surface area (Å²) in [5, 5.41) is 0. The number of esters is 1. The fourth-order valence-electron chi connectivity index (χ4n) is 5.15. The van der Waals surface area contributed by atoms with Crippen molar-refractivity contribution in [3.8, 4) is 5.75 Å². The molecule has 0 heterocycles. The number of unbranched alkanes of at least 4 members (excludes halogenated alkanes) is 13. The first-order chi connectivity index (χ1) is 24.3. The lowest BCUT2D eigenvalue weighted by molar-refractivity contribution is -0.145. The lowest BCUT2D eigenvalue weighted by atomic mass is 10.0. The molecule has 0 atom stereocenters. The molecule has 1 rings (SSSR count). The van der Waals surface area contributed by atoms with Crippen LogP contribution in [0.2, 0.25) is 0 Å². The molecule has 0 aromatic heterocycles. The minimum Gasteiger partial charge on any atom is -0.491 e. The summed E-state index contributed by atoms with van der Waals surface area (Å²) >= 11 is 0. The molecule has 0 unspecified atom stereocenters. The summed E-state index contributed by atoms with van der Waals surface area (Å²) in [7, 11) is 0. The Morgan fingerprint density at radius 2 is 0.796 bits per heavy atom. The average molecular weight is 697 g/mol. The van der Waals surface area contributed by atoms with Gasteiger partial charge in [-0.25, -0.2) is 0 Å². The molecule has 0 radical (unpaired) electrons. The maximum atomic E-state index is 11.8. The smallest absolute Gasteiger partial charge is 0.305 e. The van der Waals surface area contributed by atoms with Crippen molar-refractivity contribution in [3.63, 3.8) is 0 Å². The van der Waals surface area contributed by atoms with Crippen LogP contribution in [0.15, 0.2) is 24.3 Å². The Bertz CT molecular complexity index is 805. The van der Waals surface area contributed by atoms with E-state index in [2.05, 4.69) is 38.1 Å². The molecule has 0 saturated carbocycles. The monoisotopic (exact) mass is 697 g/mol. The summed E-state index contributed by atoms with van der Waals surface area (Å²) in [6.45, 7) is 11.3. The van der Waals surface area contributed by atoms with E-state index in [0.717, 1.165) is 25.0 Å². The molecule has 286 valence electrons. The topological polar surface area (TPSA) is 90.9 Å². The molecule has 0 amide bonds. The molecule has 0 saturated heterocycles. The van der Waals surface area contributed by atoms with Crippen LogP contribution in [0.5, 0.6) is 5.75 Å². The van der Waals surface area contributed by atoms with E-state index in [9.17, 15) is 4.79 Å². The van der Waals surface area contributed by atoms with Gasteiger partial charge in [-0.15, -0.1) is 0 Å². The van der Waals surface area contributed by atoms with E-state index >= 15 is 0 Å². The summed E-state index contributed by atoms with van der Waals surface area (Å²) in [4.78, 5) is 11.8. The highest BCUT2D eigenvalue weighted by atomic mass is 16.6.